The van der Waals surface area contributed by atoms with Gasteiger partial charge in [0, 0.05) is 6.07 Å². The van der Waals surface area contributed by atoms with Crippen molar-refractivity contribution in [3.05, 3.63) is 24.0 Å². The molecule has 0 aliphatic carbocycles. The molecule has 2 heteroatoms. The van der Waals surface area contributed by atoms with E-state index >= 15 is 0 Å². The summed E-state index contributed by atoms with van der Waals surface area (Å²) < 4.78 is 0. The monoisotopic (exact) mass is 121 g/mol. The van der Waals surface area contributed by atoms with Gasteiger partial charge in [-0.25, -0.2) is 0 Å². The Morgan fingerprint density at radius 2 is 2.33 bits per heavy atom. The highest BCUT2D eigenvalue weighted by molar-refractivity contribution is 5.00. The van der Waals surface area contributed by atoms with Crippen LogP contribution in [0.1, 0.15) is 25.5 Å². The van der Waals surface area contributed by atoms with Crippen molar-refractivity contribution < 1.29 is 0 Å². The lowest BCUT2D eigenvalue weighted by atomic mass is 10.1. The Balaban J connectivity index is 2.85. The molecule has 0 aliphatic heterocycles. The minimum absolute atomic E-state index is 0.429. The van der Waals surface area contributed by atoms with Crippen molar-refractivity contribution in [1.29, 1.82) is 0 Å². The number of hydrogen-bond donors (Lipinski definition) is 0. The first-order valence-electron chi connectivity index (χ1n) is 3.00. The van der Waals surface area contributed by atoms with Crippen molar-refractivity contribution in [3.8, 4) is 0 Å². The van der Waals surface area contributed by atoms with E-state index < -0.39 is 0 Å². The molecule has 1 aromatic rings. The largest absolute Gasteiger partial charge is 0.159 e. The van der Waals surface area contributed by atoms with Gasteiger partial charge in [-0.2, -0.15) is 10.2 Å². The number of rotatable bonds is 1. The highest BCUT2D eigenvalue weighted by Gasteiger charge is 1.97. The summed E-state index contributed by atoms with van der Waals surface area (Å²) in [5.74, 6) is 0.429. The molecule has 0 spiro atoms. The fraction of sp³-hybridized carbons (Fsp3) is 0.429. The van der Waals surface area contributed by atoms with Crippen LogP contribution >= 0.6 is 0 Å². The number of hydrogen-bond acceptors (Lipinski definition) is 2. The quantitative estimate of drug-likeness (QED) is 0.561. The molecule has 1 radical (unpaired) electrons. The summed E-state index contributed by atoms with van der Waals surface area (Å²) in [5.41, 5.74) is 0.928. The zero-order valence-electron chi connectivity index (χ0n) is 5.63. The normalized spacial score (nSPS) is 10.1. The molecule has 0 saturated carbocycles. The molecule has 1 rings (SSSR count). The molecule has 0 amide bonds. The van der Waals surface area contributed by atoms with E-state index in [0.717, 1.165) is 5.69 Å². The predicted octanol–water partition coefficient (Wildman–Crippen LogP) is 1.40. The molecule has 1 heterocycles. The van der Waals surface area contributed by atoms with Crippen molar-refractivity contribution >= 4 is 0 Å². The molecular formula is C7H9N2. The minimum Gasteiger partial charge on any atom is -0.159 e. The second-order valence-corrected chi connectivity index (χ2v) is 2.22. The molecule has 0 N–H and O–H groups in total. The minimum atomic E-state index is 0.429. The van der Waals surface area contributed by atoms with Gasteiger partial charge in [0.25, 0.3) is 0 Å². The van der Waals surface area contributed by atoms with E-state index in [4.69, 9.17) is 0 Å². The van der Waals surface area contributed by atoms with E-state index in [0.29, 0.717) is 5.92 Å². The van der Waals surface area contributed by atoms with Gasteiger partial charge in [-0.15, -0.1) is 0 Å². The van der Waals surface area contributed by atoms with E-state index in [-0.39, 0.29) is 0 Å². The molecule has 1 aromatic heterocycles. The lowest BCUT2D eigenvalue weighted by molar-refractivity contribution is 0.783. The third-order valence-corrected chi connectivity index (χ3v) is 1.08. The summed E-state index contributed by atoms with van der Waals surface area (Å²) in [5, 5.41) is 7.60. The predicted molar refractivity (Wildman–Crippen MR) is 35.0 cm³/mol. The smallest absolute Gasteiger partial charge is 0.0735 e. The average molecular weight is 121 g/mol. The summed E-state index contributed by atoms with van der Waals surface area (Å²) in [4.78, 5) is 0. The standard InChI is InChI=1S/C7H9N2/c1-6(2)7-4-3-5-8-9-7/h3,5-6H,1-2H3. The Bertz CT molecular complexity index is 170. The number of nitrogens with zero attached hydrogens (tertiary/aromatic N) is 2. The Labute approximate surface area is 54.9 Å². The fourth-order valence-corrected chi connectivity index (χ4v) is 0.563. The van der Waals surface area contributed by atoms with E-state index in [2.05, 4.69) is 30.1 Å². The van der Waals surface area contributed by atoms with Gasteiger partial charge in [-0.1, -0.05) is 13.8 Å². The van der Waals surface area contributed by atoms with Crippen LogP contribution in [-0.2, 0) is 0 Å². The van der Waals surface area contributed by atoms with Crippen LogP contribution in [0.5, 0.6) is 0 Å². The molecule has 0 aromatic carbocycles. The zero-order valence-corrected chi connectivity index (χ0v) is 5.63. The van der Waals surface area contributed by atoms with Crippen LogP contribution in [-0.4, -0.2) is 10.2 Å². The van der Waals surface area contributed by atoms with Crippen molar-refractivity contribution in [2.75, 3.05) is 0 Å². The van der Waals surface area contributed by atoms with E-state index in [1.165, 1.54) is 0 Å². The molecule has 0 atom stereocenters. The molecule has 0 aliphatic rings. The topological polar surface area (TPSA) is 25.8 Å². The fourth-order valence-electron chi connectivity index (χ4n) is 0.563. The molecule has 9 heavy (non-hydrogen) atoms. The van der Waals surface area contributed by atoms with E-state index in [9.17, 15) is 0 Å². The van der Waals surface area contributed by atoms with Gasteiger partial charge >= 0.3 is 0 Å². The van der Waals surface area contributed by atoms with Gasteiger partial charge in [-0.05, 0) is 12.0 Å². The highest BCUT2D eigenvalue weighted by Crippen LogP contribution is 2.06. The van der Waals surface area contributed by atoms with E-state index in [1.54, 1.807) is 12.3 Å². The van der Waals surface area contributed by atoms with Crippen molar-refractivity contribution in [1.82, 2.24) is 10.2 Å². The third-order valence-electron chi connectivity index (χ3n) is 1.08. The Hall–Kier alpha value is -0.920. The molecule has 47 valence electrons. The van der Waals surface area contributed by atoms with Gasteiger partial charge in [0.05, 0.1) is 11.9 Å². The van der Waals surface area contributed by atoms with Crippen molar-refractivity contribution in [2.24, 2.45) is 0 Å². The van der Waals surface area contributed by atoms with Crippen LogP contribution in [0, 0.1) is 6.07 Å². The first kappa shape index (κ1) is 6.20. The summed E-state index contributed by atoms with van der Waals surface area (Å²) in [6, 6.07) is 4.77. The van der Waals surface area contributed by atoms with Gasteiger partial charge in [0.1, 0.15) is 0 Å². The summed E-state index contributed by atoms with van der Waals surface area (Å²) >= 11 is 0. The van der Waals surface area contributed by atoms with Gasteiger partial charge in [0.15, 0.2) is 0 Å². The zero-order chi connectivity index (χ0) is 6.69. The molecule has 0 saturated heterocycles. The Morgan fingerprint density at radius 3 is 2.67 bits per heavy atom. The molecule has 2 nitrogen and oxygen atoms in total. The van der Waals surface area contributed by atoms with Crippen LogP contribution in [0.15, 0.2) is 12.3 Å². The maximum Gasteiger partial charge on any atom is 0.0735 e. The van der Waals surface area contributed by atoms with Crippen LogP contribution in [0.3, 0.4) is 0 Å². The first-order chi connectivity index (χ1) is 4.30. The molecule has 0 unspecified atom stereocenters. The molecule has 0 fully saturated rings. The maximum atomic E-state index is 3.87. The summed E-state index contributed by atoms with van der Waals surface area (Å²) in [6.07, 6.45) is 1.63. The molecular weight excluding hydrogens is 112 g/mol. The van der Waals surface area contributed by atoms with Crippen molar-refractivity contribution in [3.63, 3.8) is 0 Å². The van der Waals surface area contributed by atoms with E-state index in [1.807, 2.05) is 0 Å². The van der Waals surface area contributed by atoms with Crippen LogP contribution in [0.25, 0.3) is 0 Å². The first-order valence-corrected chi connectivity index (χ1v) is 3.00. The second-order valence-electron chi connectivity index (χ2n) is 2.22. The second kappa shape index (κ2) is 2.58. The lowest BCUT2D eigenvalue weighted by Gasteiger charge is -1.98. The SMILES string of the molecule is CC(C)c1[c]ccnn1. The third kappa shape index (κ3) is 1.49. The van der Waals surface area contributed by atoms with Crippen LogP contribution in [0.4, 0.5) is 0 Å². The lowest BCUT2D eigenvalue weighted by Crippen LogP contribution is -1.92. The Morgan fingerprint density at radius 1 is 1.56 bits per heavy atom. The molecule has 0 bridgehead atoms. The summed E-state index contributed by atoms with van der Waals surface area (Å²) in [7, 11) is 0. The maximum absolute atomic E-state index is 3.87. The van der Waals surface area contributed by atoms with Crippen LogP contribution in [0.2, 0.25) is 0 Å². The average Bonchev–Trinajstić information content (AvgIpc) is 1.90. The number of aromatic nitrogens is 2. The van der Waals surface area contributed by atoms with Crippen LogP contribution < -0.4 is 0 Å². The highest BCUT2D eigenvalue weighted by atomic mass is 15.1. The van der Waals surface area contributed by atoms with Gasteiger partial charge in [0.2, 0.25) is 0 Å². The summed E-state index contributed by atoms with van der Waals surface area (Å²) in [6.45, 7) is 4.14. The Kier molecular flexibility index (Phi) is 1.78. The van der Waals surface area contributed by atoms with Gasteiger partial charge < -0.3 is 0 Å². The van der Waals surface area contributed by atoms with Crippen molar-refractivity contribution in [2.45, 2.75) is 19.8 Å². The van der Waals surface area contributed by atoms with Gasteiger partial charge in [-0.3, -0.25) is 0 Å².